The number of hydrogen-bond acceptors (Lipinski definition) is 4. The molecular formula is C13H19N3S. The number of fused-ring (bicyclic) bond motifs is 1. The third-order valence-corrected chi connectivity index (χ3v) is 3.62. The minimum absolute atomic E-state index is 0.625. The van der Waals surface area contributed by atoms with Crippen molar-refractivity contribution in [3.05, 3.63) is 17.6 Å². The van der Waals surface area contributed by atoms with Gasteiger partial charge in [0.15, 0.2) is 0 Å². The number of aromatic nitrogens is 1. The monoisotopic (exact) mass is 249 g/mol. The number of benzene rings is 1. The molecule has 4 heteroatoms. The van der Waals surface area contributed by atoms with E-state index in [1.54, 1.807) is 11.3 Å². The highest BCUT2D eigenvalue weighted by Crippen LogP contribution is 2.32. The van der Waals surface area contributed by atoms with Crippen LogP contribution in [-0.2, 0) is 0 Å². The van der Waals surface area contributed by atoms with Crippen LogP contribution >= 0.6 is 11.3 Å². The molecule has 0 saturated carbocycles. The van der Waals surface area contributed by atoms with Crippen LogP contribution in [0, 0.1) is 5.92 Å². The fourth-order valence-corrected chi connectivity index (χ4v) is 2.75. The molecule has 0 bridgehead atoms. The minimum Gasteiger partial charge on any atom is -0.395 e. The Morgan fingerprint density at radius 3 is 2.82 bits per heavy atom. The van der Waals surface area contributed by atoms with Gasteiger partial charge in [0.05, 0.1) is 21.6 Å². The zero-order valence-electron chi connectivity index (χ0n) is 10.6. The summed E-state index contributed by atoms with van der Waals surface area (Å²) < 4.78 is 1.16. The highest BCUT2D eigenvalue weighted by atomic mass is 32.1. The van der Waals surface area contributed by atoms with E-state index >= 15 is 0 Å². The van der Waals surface area contributed by atoms with E-state index in [2.05, 4.69) is 42.8 Å². The quantitative estimate of drug-likeness (QED) is 0.845. The first kappa shape index (κ1) is 12.2. The maximum Gasteiger partial charge on any atom is 0.106 e. The van der Waals surface area contributed by atoms with Gasteiger partial charge >= 0.3 is 0 Å². The van der Waals surface area contributed by atoms with Gasteiger partial charge in [0.1, 0.15) is 5.52 Å². The van der Waals surface area contributed by atoms with E-state index in [1.165, 1.54) is 0 Å². The molecule has 1 aromatic carbocycles. The molecule has 0 fully saturated rings. The van der Waals surface area contributed by atoms with Crippen molar-refractivity contribution in [2.45, 2.75) is 20.8 Å². The number of rotatable bonds is 4. The summed E-state index contributed by atoms with van der Waals surface area (Å²) in [6, 6.07) is 4.23. The summed E-state index contributed by atoms with van der Waals surface area (Å²) in [5.74, 6) is 0.625. The van der Waals surface area contributed by atoms with E-state index in [0.29, 0.717) is 5.92 Å². The predicted molar refractivity (Wildman–Crippen MR) is 76.8 cm³/mol. The zero-order chi connectivity index (χ0) is 12.4. The van der Waals surface area contributed by atoms with E-state index in [0.717, 1.165) is 34.7 Å². The summed E-state index contributed by atoms with van der Waals surface area (Å²) in [6.07, 6.45) is 0. The molecule has 0 amide bonds. The second-order valence-electron chi connectivity index (χ2n) is 4.63. The van der Waals surface area contributed by atoms with Crippen molar-refractivity contribution >= 4 is 32.9 Å². The van der Waals surface area contributed by atoms with E-state index in [-0.39, 0.29) is 0 Å². The van der Waals surface area contributed by atoms with E-state index in [4.69, 9.17) is 5.73 Å². The zero-order valence-corrected chi connectivity index (χ0v) is 11.4. The average molecular weight is 249 g/mol. The van der Waals surface area contributed by atoms with Gasteiger partial charge in [-0.1, -0.05) is 13.8 Å². The molecule has 0 aliphatic carbocycles. The molecule has 17 heavy (non-hydrogen) atoms. The summed E-state index contributed by atoms with van der Waals surface area (Å²) in [6.45, 7) is 8.60. The van der Waals surface area contributed by atoms with Crippen LogP contribution in [0.1, 0.15) is 20.8 Å². The smallest absolute Gasteiger partial charge is 0.106 e. The first-order chi connectivity index (χ1) is 8.13. The van der Waals surface area contributed by atoms with E-state index in [1.807, 2.05) is 5.51 Å². The first-order valence-electron chi connectivity index (χ1n) is 6.00. The van der Waals surface area contributed by atoms with Gasteiger partial charge in [-0.2, -0.15) is 0 Å². The summed E-state index contributed by atoms with van der Waals surface area (Å²) in [7, 11) is 0. The third kappa shape index (κ3) is 2.36. The molecule has 0 saturated heterocycles. The van der Waals surface area contributed by atoms with Crippen molar-refractivity contribution in [2.24, 2.45) is 5.92 Å². The molecule has 0 unspecified atom stereocenters. The maximum atomic E-state index is 6.22. The lowest BCUT2D eigenvalue weighted by atomic mass is 10.1. The van der Waals surface area contributed by atoms with Gasteiger partial charge in [0.2, 0.25) is 0 Å². The van der Waals surface area contributed by atoms with Gasteiger partial charge in [0, 0.05) is 13.1 Å². The highest BCUT2D eigenvalue weighted by molar-refractivity contribution is 7.16. The molecule has 2 aromatic rings. The van der Waals surface area contributed by atoms with E-state index in [9.17, 15) is 0 Å². The third-order valence-electron chi connectivity index (χ3n) is 2.83. The Bertz CT molecular complexity index is 504. The standard InChI is InChI=1S/C13H19N3S/c1-4-16(7-9(2)3)10-5-6-11-13(12(10)14)15-8-17-11/h5-6,8-9H,4,7,14H2,1-3H3. The van der Waals surface area contributed by atoms with Crippen molar-refractivity contribution in [3.63, 3.8) is 0 Å². The SMILES string of the molecule is CCN(CC(C)C)c1ccc2scnc2c1N. The lowest BCUT2D eigenvalue weighted by molar-refractivity contribution is 0.619. The summed E-state index contributed by atoms with van der Waals surface area (Å²) in [5.41, 5.74) is 10.9. The molecule has 92 valence electrons. The van der Waals surface area contributed by atoms with Crippen molar-refractivity contribution < 1.29 is 0 Å². The Labute approximate surface area is 106 Å². The summed E-state index contributed by atoms with van der Waals surface area (Å²) >= 11 is 1.63. The normalized spacial score (nSPS) is 11.3. The maximum absolute atomic E-state index is 6.22. The van der Waals surface area contributed by atoms with Crippen LogP contribution in [0.4, 0.5) is 11.4 Å². The molecule has 0 atom stereocenters. The van der Waals surface area contributed by atoms with Crippen LogP contribution in [0.3, 0.4) is 0 Å². The lowest BCUT2D eigenvalue weighted by Gasteiger charge is -2.26. The minimum atomic E-state index is 0.625. The Morgan fingerprint density at radius 1 is 1.41 bits per heavy atom. The van der Waals surface area contributed by atoms with Gasteiger partial charge in [-0.25, -0.2) is 4.98 Å². The van der Waals surface area contributed by atoms with Crippen LogP contribution in [-0.4, -0.2) is 18.1 Å². The van der Waals surface area contributed by atoms with Gasteiger partial charge in [0.25, 0.3) is 0 Å². The molecule has 2 N–H and O–H groups in total. The Morgan fingerprint density at radius 2 is 2.18 bits per heavy atom. The van der Waals surface area contributed by atoms with Gasteiger partial charge < -0.3 is 10.6 Å². The second kappa shape index (κ2) is 4.92. The number of anilines is 2. The number of hydrogen-bond donors (Lipinski definition) is 1. The predicted octanol–water partition coefficient (Wildman–Crippen LogP) is 3.36. The summed E-state index contributed by atoms with van der Waals surface area (Å²) in [5, 5.41) is 0. The summed E-state index contributed by atoms with van der Waals surface area (Å²) in [4.78, 5) is 6.66. The number of nitrogen functional groups attached to an aromatic ring is 1. The average Bonchev–Trinajstić information content (AvgIpc) is 2.75. The van der Waals surface area contributed by atoms with Gasteiger partial charge in [-0.3, -0.25) is 0 Å². The molecule has 1 aromatic heterocycles. The van der Waals surface area contributed by atoms with Crippen LogP contribution in [0.15, 0.2) is 17.6 Å². The molecule has 0 radical (unpaired) electrons. The van der Waals surface area contributed by atoms with Crippen molar-refractivity contribution in [1.82, 2.24) is 4.98 Å². The van der Waals surface area contributed by atoms with Crippen LogP contribution < -0.4 is 10.6 Å². The fraction of sp³-hybridized carbons (Fsp3) is 0.462. The molecular weight excluding hydrogens is 230 g/mol. The van der Waals surface area contributed by atoms with Crippen LogP contribution in [0.25, 0.3) is 10.2 Å². The molecule has 1 heterocycles. The highest BCUT2D eigenvalue weighted by Gasteiger charge is 2.13. The van der Waals surface area contributed by atoms with Crippen LogP contribution in [0.5, 0.6) is 0 Å². The van der Waals surface area contributed by atoms with Crippen molar-refractivity contribution in [3.8, 4) is 0 Å². The first-order valence-corrected chi connectivity index (χ1v) is 6.88. The Hall–Kier alpha value is -1.29. The molecule has 0 aliphatic heterocycles. The molecule has 0 aliphatic rings. The van der Waals surface area contributed by atoms with Crippen LogP contribution in [0.2, 0.25) is 0 Å². The van der Waals surface area contributed by atoms with Gasteiger partial charge in [-0.15, -0.1) is 11.3 Å². The Kier molecular flexibility index (Phi) is 3.52. The number of nitrogens with two attached hydrogens (primary N) is 1. The Balaban J connectivity index is 2.42. The van der Waals surface area contributed by atoms with Crippen molar-refractivity contribution in [1.29, 1.82) is 0 Å². The fourth-order valence-electron chi connectivity index (χ4n) is 2.06. The lowest BCUT2D eigenvalue weighted by Crippen LogP contribution is -2.27. The van der Waals surface area contributed by atoms with Crippen molar-refractivity contribution in [2.75, 3.05) is 23.7 Å². The molecule has 0 spiro atoms. The van der Waals surface area contributed by atoms with E-state index < -0.39 is 0 Å². The van der Waals surface area contributed by atoms with Gasteiger partial charge in [-0.05, 0) is 25.0 Å². The second-order valence-corrected chi connectivity index (χ2v) is 5.52. The number of nitrogens with zero attached hydrogens (tertiary/aromatic N) is 2. The largest absolute Gasteiger partial charge is 0.395 e. The topological polar surface area (TPSA) is 42.2 Å². The molecule has 2 rings (SSSR count). The number of thiazole rings is 1. The molecule has 3 nitrogen and oxygen atoms in total.